The van der Waals surface area contributed by atoms with Gasteiger partial charge in [0.25, 0.3) is 0 Å². The van der Waals surface area contributed by atoms with Crippen LogP contribution in [-0.4, -0.2) is 34.5 Å². The van der Waals surface area contributed by atoms with E-state index in [1.807, 2.05) is 13.8 Å². The highest BCUT2D eigenvalue weighted by Crippen LogP contribution is 2.61. The van der Waals surface area contributed by atoms with Crippen molar-refractivity contribution >= 4 is 11.6 Å². The van der Waals surface area contributed by atoms with Crippen LogP contribution in [0.3, 0.4) is 0 Å². The monoisotopic (exact) mass is 332 g/mol. The van der Waals surface area contributed by atoms with Gasteiger partial charge in [-0.25, -0.2) is 0 Å². The van der Waals surface area contributed by atoms with Crippen LogP contribution in [0.4, 0.5) is 0 Å². The molecule has 4 nitrogen and oxygen atoms in total. The van der Waals surface area contributed by atoms with E-state index in [1.165, 1.54) is 6.08 Å². The molecule has 0 bridgehead atoms. The van der Waals surface area contributed by atoms with Crippen molar-refractivity contribution in [1.29, 1.82) is 0 Å². The molecule has 0 aromatic carbocycles. The summed E-state index contributed by atoms with van der Waals surface area (Å²) in [6.45, 7) is 7.87. The van der Waals surface area contributed by atoms with E-state index in [-0.39, 0.29) is 35.9 Å². The van der Waals surface area contributed by atoms with Crippen molar-refractivity contribution in [1.82, 2.24) is 0 Å². The van der Waals surface area contributed by atoms with Gasteiger partial charge in [0.05, 0.1) is 12.7 Å². The fourth-order valence-electron chi connectivity index (χ4n) is 5.16. The van der Waals surface area contributed by atoms with Gasteiger partial charge < -0.3 is 10.2 Å². The summed E-state index contributed by atoms with van der Waals surface area (Å²) in [5.74, 6) is 0.300. The van der Waals surface area contributed by atoms with Crippen LogP contribution in [0.1, 0.15) is 47.0 Å². The molecule has 0 heterocycles. The summed E-state index contributed by atoms with van der Waals surface area (Å²) < 4.78 is 0. The largest absolute Gasteiger partial charge is 0.392 e. The summed E-state index contributed by atoms with van der Waals surface area (Å²) in [5, 5.41) is 20.0. The average Bonchev–Trinajstić information content (AvgIpc) is 2.74. The zero-order valence-electron chi connectivity index (χ0n) is 15.0. The van der Waals surface area contributed by atoms with Crippen LogP contribution in [0.5, 0.6) is 0 Å². The zero-order chi connectivity index (χ0) is 17.9. The Kier molecular flexibility index (Phi) is 4.12. The highest BCUT2D eigenvalue weighted by atomic mass is 16.3. The van der Waals surface area contributed by atoms with Crippen LogP contribution >= 0.6 is 0 Å². The van der Waals surface area contributed by atoms with Gasteiger partial charge in [0.1, 0.15) is 0 Å². The topological polar surface area (TPSA) is 74.6 Å². The molecule has 0 aromatic rings. The lowest BCUT2D eigenvalue weighted by molar-refractivity contribution is -0.141. The van der Waals surface area contributed by atoms with E-state index in [1.54, 1.807) is 6.08 Å². The minimum atomic E-state index is -0.822. The first-order valence-electron chi connectivity index (χ1n) is 8.95. The first kappa shape index (κ1) is 17.6. The van der Waals surface area contributed by atoms with Crippen molar-refractivity contribution < 1.29 is 19.8 Å². The molecule has 24 heavy (non-hydrogen) atoms. The van der Waals surface area contributed by atoms with Crippen molar-refractivity contribution in [3.05, 3.63) is 23.3 Å². The van der Waals surface area contributed by atoms with Gasteiger partial charge >= 0.3 is 0 Å². The Labute approximate surface area is 143 Å². The Morgan fingerprint density at radius 1 is 1.12 bits per heavy atom. The van der Waals surface area contributed by atoms with E-state index in [9.17, 15) is 19.8 Å². The predicted octanol–water partition coefficient (Wildman–Crippen LogP) is 2.44. The number of allylic oxidation sites excluding steroid dienone is 3. The number of aliphatic hydroxyl groups is 2. The Balaban J connectivity index is 2.11. The summed E-state index contributed by atoms with van der Waals surface area (Å²) in [7, 11) is 0. The molecule has 0 aliphatic heterocycles. The summed E-state index contributed by atoms with van der Waals surface area (Å²) in [6.07, 6.45) is 4.19. The summed E-state index contributed by atoms with van der Waals surface area (Å²) in [5.41, 5.74) is 0.469. The van der Waals surface area contributed by atoms with Crippen LogP contribution in [0.2, 0.25) is 0 Å². The SMILES string of the molecule is CC(C)C1=CC(=O)[C@@]2(C)CC[C@@]3(C)C(=O)C=C(CO)[C@H](O)C[C@@H]3[C@@H]12. The molecule has 0 radical (unpaired) electrons. The predicted molar refractivity (Wildman–Crippen MR) is 91.2 cm³/mol. The van der Waals surface area contributed by atoms with E-state index in [0.717, 1.165) is 5.57 Å². The lowest BCUT2D eigenvalue weighted by atomic mass is 9.50. The molecule has 132 valence electrons. The smallest absolute Gasteiger partial charge is 0.162 e. The summed E-state index contributed by atoms with van der Waals surface area (Å²) >= 11 is 0. The number of carbonyl (C=O) groups is 2. The van der Waals surface area contributed by atoms with Crippen LogP contribution in [0.25, 0.3) is 0 Å². The molecule has 0 amide bonds. The molecule has 3 aliphatic rings. The van der Waals surface area contributed by atoms with Gasteiger partial charge in [-0.2, -0.15) is 0 Å². The van der Waals surface area contributed by atoms with Crippen molar-refractivity contribution in [2.45, 2.75) is 53.1 Å². The molecule has 0 aromatic heterocycles. The van der Waals surface area contributed by atoms with Crippen LogP contribution in [0, 0.1) is 28.6 Å². The number of ketones is 2. The second-order valence-electron chi connectivity index (χ2n) is 8.58. The average molecular weight is 332 g/mol. The molecule has 2 N–H and O–H groups in total. The third-order valence-electron chi connectivity index (χ3n) is 6.92. The zero-order valence-corrected chi connectivity index (χ0v) is 15.0. The van der Waals surface area contributed by atoms with Crippen LogP contribution in [0.15, 0.2) is 23.3 Å². The normalized spacial score (nSPS) is 42.4. The van der Waals surface area contributed by atoms with E-state index in [4.69, 9.17) is 0 Å². The molecular formula is C20H28O4. The van der Waals surface area contributed by atoms with Gasteiger partial charge in [-0.1, -0.05) is 33.3 Å². The minimum Gasteiger partial charge on any atom is -0.392 e. The number of aliphatic hydroxyl groups excluding tert-OH is 2. The van der Waals surface area contributed by atoms with Crippen molar-refractivity contribution in [3.63, 3.8) is 0 Å². The van der Waals surface area contributed by atoms with E-state index < -0.39 is 16.9 Å². The van der Waals surface area contributed by atoms with E-state index >= 15 is 0 Å². The lowest BCUT2D eigenvalue weighted by Gasteiger charge is -2.51. The lowest BCUT2D eigenvalue weighted by Crippen LogP contribution is -2.51. The fraction of sp³-hybridized carbons (Fsp3) is 0.700. The van der Waals surface area contributed by atoms with Gasteiger partial charge in [0.15, 0.2) is 11.6 Å². The third-order valence-corrected chi connectivity index (χ3v) is 6.92. The molecule has 0 unspecified atom stereocenters. The first-order chi connectivity index (χ1) is 11.1. The number of hydrogen-bond donors (Lipinski definition) is 2. The molecule has 3 aliphatic carbocycles. The van der Waals surface area contributed by atoms with Gasteiger partial charge in [-0.15, -0.1) is 0 Å². The van der Waals surface area contributed by atoms with Crippen molar-refractivity contribution in [2.24, 2.45) is 28.6 Å². The number of carbonyl (C=O) groups excluding carboxylic acids is 2. The third kappa shape index (κ3) is 2.26. The molecule has 0 saturated heterocycles. The Hall–Kier alpha value is -1.26. The van der Waals surface area contributed by atoms with Gasteiger partial charge in [0.2, 0.25) is 0 Å². The quantitative estimate of drug-likeness (QED) is 0.814. The van der Waals surface area contributed by atoms with Crippen LogP contribution in [-0.2, 0) is 9.59 Å². The Morgan fingerprint density at radius 3 is 2.29 bits per heavy atom. The maximum Gasteiger partial charge on any atom is 0.162 e. The van der Waals surface area contributed by atoms with Crippen LogP contribution < -0.4 is 0 Å². The second-order valence-corrected chi connectivity index (χ2v) is 8.58. The maximum atomic E-state index is 12.9. The highest BCUT2D eigenvalue weighted by molar-refractivity contribution is 6.00. The number of fused-ring (bicyclic) bond motifs is 3. The maximum absolute atomic E-state index is 12.9. The summed E-state index contributed by atoms with van der Waals surface area (Å²) in [4.78, 5) is 25.6. The van der Waals surface area contributed by atoms with E-state index in [2.05, 4.69) is 13.8 Å². The summed E-state index contributed by atoms with van der Waals surface area (Å²) in [6, 6.07) is 0. The van der Waals surface area contributed by atoms with Crippen molar-refractivity contribution in [3.8, 4) is 0 Å². The standard InChI is InChI=1S/C20H28O4/c1-11(2)13-8-17(24)20(4)6-5-19(3)14(18(13)20)9-15(22)12(10-21)7-16(19)23/h7-8,11,14-15,18,21-22H,5-6,9-10H2,1-4H3/t14-,15-,18-,19-,20-/m1/s1. The molecular weight excluding hydrogens is 304 g/mol. The first-order valence-corrected chi connectivity index (χ1v) is 8.95. The van der Waals surface area contributed by atoms with Crippen molar-refractivity contribution in [2.75, 3.05) is 6.61 Å². The second kappa shape index (κ2) is 5.63. The van der Waals surface area contributed by atoms with Gasteiger partial charge in [-0.3, -0.25) is 9.59 Å². The number of hydrogen-bond acceptors (Lipinski definition) is 4. The Morgan fingerprint density at radius 2 is 1.71 bits per heavy atom. The van der Waals surface area contributed by atoms with Gasteiger partial charge in [-0.05, 0) is 54.7 Å². The molecule has 4 heteroatoms. The van der Waals surface area contributed by atoms with Gasteiger partial charge in [0, 0.05) is 10.8 Å². The Bertz CT molecular complexity index is 644. The molecule has 1 fully saturated rings. The minimum absolute atomic E-state index is 0.00575. The molecule has 1 saturated carbocycles. The number of rotatable bonds is 2. The molecule has 0 spiro atoms. The molecule has 3 rings (SSSR count). The highest BCUT2D eigenvalue weighted by Gasteiger charge is 2.60. The fourth-order valence-corrected chi connectivity index (χ4v) is 5.16. The molecule has 5 atom stereocenters. The van der Waals surface area contributed by atoms with E-state index in [0.29, 0.717) is 24.8 Å².